The molecule has 0 radical (unpaired) electrons. The highest BCUT2D eigenvalue weighted by Crippen LogP contribution is 2.28. The Morgan fingerprint density at radius 3 is 2.71 bits per heavy atom. The molecule has 1 unspecified atom stereocenters. The van der Waals surface area contributed by atoms with Gasteiger partial charge in [-0.25, -0.2) is 8.42 Å². The van der Waals surface area contributed by atoms with Gasteiger partial charge in [0.2, 0.25) is 0 Å². The number of benzene rings is 1. The average molecular weight is 338 g/mol. The fourth-order valence-corrected chi connectivity index (χ4v) is 3.68. The van der Waals surface area contributed by atoms with E-state index in [4.69, 9.17) is 0 Å². The number of aliphatic hydroxyl groups is 1. The molecule has 1 fully saturated rings. The third kappa shape index (κ3) is 3.50. The number of nitro benzene ring substituents is 1. The number of hydrogen-bond donors (Lipinski definition) is 2. The Kier molecular flexibility index (Phi) is 5.65. The number of aryl methyl sites for hydroxylation is 1. The Morgan fingerprint density at radius 1 is 1.48 bits per heavy atom. The summed E-state index contributed by atoms with van der Waals surface area (Å²) in [6.45, 7) is 2.19. The average Bonchev–Trinajstić information content (AvgIpc) is 2.38. The van der Waals surface area contributed by atoms with Crippen LogP contribution in [-0.2, 0) is 10.0 Å². The number of piperazine rings is 1. The van der Waals surface area contributed by atoms with Gasteiger partial charge in [0.05, 0.1) is 4.92 Å². The summed E-state index contributed by atoms with van der Waals surface area (Å²) in [5, 5.41) is 23.6. The number of rotatable bonds is 3. The Balaban J connectivity index is 0.00000220. The first-order valence-corrected chi connectivity index (χ1v) is 7.43. The maximum Gasteiger partial charge on any atom is 0.289 e. The van der Waals surface area contributed by atoms with Crippen molar-refractivity contribution in [1.29, 1.82) is 0 Å². The number of nitro groups is 1. The van der Waals surface area contributed by atoms with Gasteiger partial charge in [-0.3, -0.25) is 10.1 Å². The fraction of sp³-hybridized carbons (Fsp3) is 0.455. The Bertz CT molecular complexity index is 637. The molecule has 1 aromatic rings. The largest absolute Gasteiger partial charge is 0.376 e. The molecule has 2 N–H and O–H groups in total. The molecular weight excluding hydrogens is 322 g/mol. The van der Waals surface area contributed by atoms with Crippen molar-refractivity contribution in [2.24, 2.45) is 0 Å². The second kappa shape index (κ2) is 6.67. The van der Waals surface area contributed by atoms with Gasteiger partial charge >= 0.3 is 0 Å². The molecule has 0 aliphatic carbocycles. The van der Waals surface area contributed by atoms with Crippen LogP contribution in [0.25, 0.3) is 0 Å². The van der Waals surface area contributed by atoms with Gasteiger partial charge in [0, 0.05) is 25.7 Å². The molecule has 1 atom stereocenters. The van der Waals surface area contributed by atoms with E-state index in [9.17, 15) is 23.6 Å². The third-order valence-electron chi connectivity index (χ3n) is 3.07. The summed E-state index contributed by atoms with van der Waals surface area (Å²) in [5.74, 6) is 0. The lowest BCUT2D eigenvalue weighted by atomic mass is 10.2. The van der Waals surface area contributed by atoms with E-state index in [1.807, 2.05) is 0 Å². The Labute approximate surface area is 128 Å². The molecule has 0 saturated carbocycles. The molecule has 8 nitrogen and oxygen atoms in total. The first-order chi connectivity index (χ1) is 9.34. The van der Waals surface area contributed by atoms with Crippen LogP contribution in [0.3, 0.4) is 0 Å². The molecule has 1 aliphatic rings. The van der Waals surface area contributed by atoms with Crippen molar-refractivity contribution in [3.8, 4) is 0 Å². The molecule has 118 valence electrons. The molecule has 0 spiro atoms. The normalized spacial score (nSPS) is 19.8. The number of nitrogens with one attached hydrogen (secondary N) is 1. The Morgan fingerprint density at radius 2 is 2.14 bits per heavy atom. The SMILES string of the molecule is Cc1ccc(S(=O)(=O)N2CCNCC2O)c([N+](=O)[O-])c1.Cl. The van der Waals surface area contributed by atoms with Crippen molar-refractivity contribution in [1.82, 2.24) is 9.62 Å². The molecular formula is C11H16ClN3O5S. The third-order valence-corrected chi connectivity index (χ3v) is 5.01. The van der Waals surface area contributed by atoms with Crippen molar-refractivity contribution in [3.63, 3.8) is 0 Å². The van der Waals surface area contributed by atoms with Crippen LogP contribution in [0.4, 0.5) is 5.69 Å². The van der Waals surface area contributed by atoms with E-state index in [0.717, 1.165) is 4.31 Å². The minimum atomic E-state index is -4.10. The zero-order valence-electron chi connectivity index (χ0n) is 11.2. The van der Waals surface area contributed by atoms with Gasteiger partial charge in [0.1, 0.15) is 6.23 Å². The van der Waals surface area contributed by atoms with Gasteiger partial charge in [0.25, 0.3) is 15.7 Å². The van der Waals surface area contributed by atoms with E-state index in [1.165, 1.54) is 18.2 Å². The zero-order chi connectivity index (χ0) is 14.9. The van der Waals surface area contributed by atoms with Crippen LogP contribution in [0, 0.1) is 17.0 Å². The number of halogens is 1. The van der Waals surface area contributed by atoms with Gasteiger partial charge in [-0.05, 0) is 18.6 Å². The molecule has 21 heavy (non-hydrogen) atoms. The standard InChI is InChI=1S/C11H15N3O5S.ClH/c1-8-2-3-10(9(6-8)14(16)17)20(18,19)13-5-4-12-7-11(13)15;/h2-3,6,11-12,15H,4-5,7H2,1H3;1H. The smallest absolute Gasteiger partial charge is 0.289 e. The second-order valence-corrected chi connectivity index (χ2v) is 6.39. The summed E-state index contributed by atoms with van der Waals surface area (Å²) in [4.78, 5) is 9.91. The number of nitrogens with zero attached hydrogens (tertiary/aromatic N) is 2. The summed E-state index contributed by atoms with van der Waals surface area (Å²) in [6.07, 6.45) is -1.23. The molecule has 0 aromatic heterocycles. The predicted molar refractivity (Wildman–Crippen MR) is 77.8 cm³/mol. The van der Waals surface area contributed by atoms with E-state index in [2.05, 4.69) is 5.32 Å². The summed E-state index contributed by atoms with van der Waals surface area (Å²) >= 11 is 0. The number of sulfonamides is 1. The van der Waals surface area contributed by atoms with E-state index in [-0.39, 0.29) is 25.5 Å². The first-order valence-electron chi connectivity index (χ1n) is 5.99. The minimum Gasteiger partial charge on any atom is -0.376 e. The summed E-state index contributed by atoms with van der Waals surface area (Å²) in [5.41, 5.74) is 0.118. The Hall–Kier alpha value is -1.26. The molecule has 2 rings (SSSR count). The molecule has 0 bridgehead atoms. The zero-order valence-corrected chi connectivity index (χ0v) is 12.9. The van der Waals surface area contributed by atoms with Gasteiger partial charge in [-0.2, -0.15) is 4.31 Å². The second-order valence-electron chi connectivity index (χ2n) is 4.53. The van der Waals surface area contributed by atoms with Crippen molar-refractivity contribution in [3.05, 3.63) is 33.9 Å². The monoisotopic (exact) mass is 337 g/mol. The number of β-amino-alcohol motifs (C(OH)–C–C–N with tert-alkyl or cyclic N) is 1. The highest BCUT2D eigenvalue weighted by molar-refractivity contribution is 7.89. The van der Waals surface area contributed by atoms with E-state index in [0.29, 0.717) is 12.1 Å². The van der Waals surface area contributed by atoms with Crippen LogP contribution in [0.1, 0.15) is 5.56 Å². The predicted octanol–water partition coefficient (Wildman–Crippen LogP) is 0.237. The van der Waals surface area contributed by atoms with Crippen molar-refractivity contribution in [2.75, 3.05) is 19.6 Å². The fourth-order valence-electron chi connectivity index (χ4n) is 2.07. The van der Waals surface area contributed by atoms with E-state index >= 15 is 0 Å². The van der Waals surface area contributed by atoms with Crippen LogP contribution >= 0.6 is 12.4 Å². The van der Waals surface area contributed by atoms with Gasteiger partial charge < -0.3 is 10.4 Å². The van der Waals surface area contributed by atoms with Crippen LogP contribution in [0.2, 0.25) is 0 Å². The van der Waals surface area contributed by atoms with Crippen molar-refractivity contribution in [2.45, 2.75) is 18.0 Å². The van der Waals surface area contributed by atoms with Crippen LogP contribution in [0.15, 0.2) is 23.1 Å². The van der Waals surface area contributed by atoms with Crippen LogP contribution in [-0.4, -0.2) is 48.6 Å². The lowest BCUT2D eigenvalue weighted by Crippen LogP contribution is -2.53. The molecule has 10 heteroatoms. The van der Waals surface area contributed by atoms with Crippen molar-refractivity contribution >= 4 is 28.1 Å². The van der Waals surface area contributed by atoms with E-state index < -0.39 is 31.8 Å². The van der Waals surface area contributed by atoms with Crippen LogP contribution in [0.5, 0.6) is 0 Å². The van der Waals surface area contributed by atoms with Gasteiger partial charge in [-0.1, -0.05) is 6.07 Å². The molecule has 1 saturated heterocycles. The molecule has 0 amide bonds. The highest BCUT2D eigenvalue weighted by Gasteiger charge is 2.36. The number of hydrogen-bond acceptors (Lipinski definition) is 6. The lowest BCUT2D eigenvalue weighted by Gasteiger charge is -2.31. The maximum atomic E-state index is 12.5. The topological polar surface area (TPSA) is 113 Å². The quantitative estimate of drug-likeness (QED) is 0.603. The summed E-state index contributed by atoms with van der Waals surface area (Å²) in [6, 6.07) is 3.91. The maximum absolute atomic E-state index is 12.5. The van der Waals surface area contributed by atoms with Crippen molar-refractivity contribution < 1.29 is 18.4 Å². The molecule has 1 heterocycles. The molecule has 1 aromatic carbocycles. The first kappa shape index (κ1) is 17.8. The lowest BCUT2D eigenvalue weighted by molar-refractivity contribution is -0.387. The molecule has 1 aliphatic heterocycles. The van der Waals surface area contributed by atoms with Gasteiger partial charge in [-0.15, -0.1) is 12.4 Å². The summed E-state index contributed by atoms with van der Waals surface area (Å²) in [7, 11) is -4.10. The van der Waals surface area contributed by atoms with Crippen LogP contribution < -0.4 is 5.32 Å². The van der Waals surface area contributed by atoms with E-state index in [1.54, 1.807) is 6.92 Å². The minimum absolute atomic E-state index is 0. The highest BCUT2D eigenvalue weighted by atomic mass is 35.5. The van der Waals surface area contributed by atoms with Gasteiger partial charge in [0.15, 0.2) is 4.90 Å². The number of aliphatic hydroxyl groups excluding tert-OH is 1. The summed E-state index contributed by atoms with van der Waals surface area (Å²) < 4.78 is 25.8.